The van der Waals surface area contributed by atoms with E-state index < -0.39 is 0 Å². The van der Waals surface area contributed by atoms with Gasteiger partial charge in [0.15, 0.2) is 0 Å². The van der Waals surface area contributed by atoms with Crippen LogP contribution in [0, 0.1) is 5.82 Å². The summed E-state index contributed by atoms with van der Waals surface area (Å²) in [6.45, 7) is -0.0808. The number of aromatic nitrogens is 3. The van der Waals surface area contributed by atoms with Gasteiger partial charge < -0.3 is 9.84 Å². The quantitative estimate of drug-likeness (QED) is 0.402. The molecule has 0 aliphatic rings. The number of nitrogens with zero attached hydrogens (tertiary/aromatic N) is 3. The number of hydrogen-bond donors (Lipinski definition) is 1. The van der Waals surface area contributed by atoms with Crippen LogP contribution in [0.3, 0.4) is 0 Å². The van der Waals surface area contributed by atoms with Crippen molar-refractivity contribution in [3.63, 3.8) is 0 Å². The molecule has 0 saturated heterocycles. The number of hydrogen-bond acceptors (Lipinski definition) is 5. The highest BCUT2D eigenvalue weighted by Gasteiger charge is 2.12. The monoisotopic (exact) mass is 431 g/mol. The molecule has 0 aliphatic heterocycles. The van der Waals surface area contributed by atoms with Gasteiger partial charge in [0.1, 0.15) is 16.6 Å². The average molecular weight is 431 g/mol. The van der Waals surface area contributed by atoms with Crippen LogP contribution < -0.4 is 4.74 Å². The van der Waals surface area contributed by atoms with E-state index >= 15 is 0 Å². The summed E-state index contributed by atoms with van der Waals surface area (Å²) in [5, 5.41) is 10.3. The van der Waals surface area contributed by atoms with Crippen LogP contribution in [0.5, 0.6) is 5.75 Å². The van der Waals surface area contributed by atoms with E-state index in [1.165, 1.54) is 23.5 Å². The van der Waals surface area contributed by atoms with Crippen LogP contribution >= 0.6 is 11.3 Å². The van der Waals surface area contributed by atoms with Gasteiger partial charge in [0, 0.05) is 22.4 Å². The Morgan fingerprint density at radius 2 is 1.84 bits per heavy atom. The summed E-state index contributed by atoms with van der Waals surface area (Å²) in [6.07, 6.45) is 3.56. The maximum atomic E-state index is 13.5. The van der Waals surface area contributed by atoms with Gasteiger partial charge in [-0.05, 0) is 48.5 Å². The van der Waals surface area contributed by atoms with Gasteiger partial charge in [0.2, 0.25) is 0 Å². The zero-order valence-corrected chi connectivity index (χ0v) is 17.4. The van der Waals surface area contributed by atoms with E-state index in [9.17, 15) is 9.50 Å². The molecule has 7 heteroatoms. The molecule has 154 valence electrons. The molecule has 5 rings (SSSR count). The highest BCUT2D eigenvalue weighted by atomic mass is 32.1. The molecule has 5 aromatic rings. The van der Waals surface area contributed by atoms with Gasteiger partial charge in [0.05, 0.1) is 42.2 Å². The summed E-state index contributed by atoms with van der Waals surface area (Å²) in [5.41, 5.74) is 5.30. The normalized spacial score (nSPS) is 11.2. The second-order valence-electron chi connectivity index (χ2n) is 7.01. The number of ether oxygens (including phenoxy) is 1. The van der Waals surface area contributed by atoms with Crippen molar-refractivity contribution in [3.05, 3.63) is 84.6 Å². The summed E-state index contributed by atoms with van der Waals surface area (Å²) < 4.78 is 21.7. The Balaban J connectivity index is 1.49. The Morgan fingerprint density at radius 3 is 2.61 bits per heavy atom. The average Bonchev–Trinajstić information content (AvgIpc) is 3.45. The first-order valence-corrected chi connectivity index (χ1v) is 10.5. The van der Waals surface area contributed by atoms with Crippen LogP contribution in [-0.2, 0) is 6.61 Å². The fraction of sp³-hybridized carbons (Fsp3) is 0.0833. The van der Waals surface area contributed by atoms with Gasteiger partial charge in [-0.2, -0.15) is 0 Å². The maximum absolute atomic E-state index is 13.5. The van der Waals surface area contributed by atoms with Crippen LogP contribution in [0.2, 0.25) is 0 Å². The summed E-state index contributed by atoms with van der Waals surface area (Å²) in [7, 11) is 1.59. The lowest BCUT2D eigenvalue weighted by molar-refractivity contribution is 0.274. The van der Waals surface area contributed by atoms with Crippen molar-refractivity contribution in [2.45, 2.75) is 6.61 Å². The summed E-state index contributed by atoms with van der Waals surface area (Å²) >= 11 is 1.47. The number of benzene rings is 3. The molecule has 1 N–H and O–H groups in total. The first-order chi connectivity index (χ1) is 15.2. The molecule has 0 bridgehead atoms. The van der Waals surface area contributed by atoms with E-state index in [4.69, 9.17) is 4.74 Å². The minimum atomic E-state index is -0.255. The van der Waals surface area contributed by atoms with Gasteiger partial charge in [0.25, 0.3) is 0 Å². The minimum Gasteiger partial charge on any atom is -0.496 e. The van der Waals surface area contributed by atoms with E-state index in [0.29, 0.717) is 5.75 Å². The lowest BCUT2D eigenvalue weighted by Gasteiger charge is -2.12. The number of methoxy groups -OCH3 is 1. The number of thiazole rings is 1. The summed E-state index contributed by atoms with van der Waals surface area (Å²) in [5.74, 6) is 0.379. The fourth-order valence-corrected chi connectivity index (χ4v) is 4.53. The summed E-state index contributed by atoms with van der Waals surface area (Å²) in [6, 6.07) is 18.3. The zero-order valence-electron chi connectivity index (χ0n) is 16.6. The van der Waals surface area contributed by atoms with E-state index in [2.05, 4.69) is 9.97 Å². The van der Waals surface area contributed by atoms with Gasteiger partial charge in [-0.25, -0.2) is 14.4 Å². The molecule has 2 heterocycles. The highest BCUT2D eigenvalue weighted by molar-refractivity contribution is 7.21. The highest BCUT2D eigenvalue weighted by Crippen LogP contribution is 2.32. The Kier molecular flexibility index (Phi) is 4.97. The molecule has 31 heavy (non-hydrogen) atoms. The molecule has 0 saturated carbocycles. The molecule has 0 spiro atoms. The van der Waals surface area contributed by atoms with Crippen molar-refractivity contribution in [2.24, 2.45) is 0 Å². The van der Waals surface area contributed by atoms with Crippen LogP contribution in [-0.4, -0.2) is 26.8 Å². The number of fused-ring (bicyclic) bond motifs is 1. The molecule has 0 fully saturated rings. The molecule has 0 atom stereocenters. The first kappa shape index (κ1) is 19.4. The Labute approximate surface area is 182 Å². The predicted molar refractivity (Wildman–Crippen MR) is 120 cm³/mol. The van der Waals surface area contributed by atoms with Gasteiger partial charge >= 0.3 is 0 Å². The van der Waals surface area contributed by atoms with E-state index in [0.717, 1.165) is 43.3 Å². The zero-order chi connectivity index (χ0) is 21.4. The van der Waals surface area contributed by atoms with Crippen LogP contribution in [0.1, 0.15) is 5.56 Å². The molecule has 0 aliphatic carbocycles. The van der Waals surface area contributed by atoms with Gasteiger partial charge in [-0.1, -0.05) is 12.1 Å². The number of aliphatic hydroxyl groups is 1. The van der Waals surface area contributed by atoms with Crippen molar-refractivity contribution in [1.82, 2.24) is 14.5 Å². The third-order valence-corrected chi connectivity index (χ3v) is 6.20. The molecule has 5 nitrogen and oxygen atoms in total. The molecule has 0 radical (unpaired) electrons. The number of imidazole rings is 1. The molecule has 0 unspecified atom stereocenters. The molecule has 2 aromatic heterocycles. The second-order valence-corrected chi connectivity index (χ2v) is 8.04. The van der Waals surface area contributed by atoms with E-state index in [1.807, 2.05) is 47.0 Å². The van der Waals surface area contributed by atoms with Crippen LogP contribution in [0.4, 0.5) is 4.39 Å². The Hall–Kier alpha value is -3.55. The Bertz CT molecular complexity index is 1380. The lowest BCUT2D eigenvalue weighted by atomic mass is 10.1. The van der Waals surface area contributed by atoms with Crippen molar-refractivity contribution in [3.8, 4) is 33.3 Å². The standard InChI is InChI=1S/C24H18FN3O2S/c1-30-22-10-16(2-3-17(22)13-29)21-12-26-14-28(21)19-7-4-15(5-8-19)24-27-20-9-6-18(25)11-23(20)31-24/h2-12,14,29H,13H2,1H3. The van der Waals surface area contributed by atoms with E-state index in [-0.39, 0.29) is 12.4 Å². The molecular weight excluding hydrogens is 413 g/mol. The van der Waals surface area contributed by atoms with Crippen molar-refractivity contribution < 1.29 is 14.2 Å². The lowest BCUT2D eigenvalue weighted by Crippen LogP contribution is -1.97. The molecule has 0 amide bonds. The number of aliphatic hydroxyl groups excluding tert-OH is 1. The summed E-state index contributed by atoms with van der Waals surface area (Å²) in [4.78, 5) is 8.93. The number of halogens is 1. The molecular formula is C24H18FN3O2S. The maximum Gasteiger partial charge on any atom is 0.125 e. The van der Waals surface area contributed by atoms with E-state index in [1.54, 1.807) is 25.7 Å². The van der Waals surface area contributed by atoms with Crippen LogP contribution in [0.15, 0.2) is 73.2 Å². The fourth-order valence-electron chi connectivity index (χ4n) is 3.54. The first-order valence-electron chi connectivity index (χ1n) is 9.63. The number of rotatable bonds is 5. The van der Waals surface area contributed by atoms with Crippen molar-refractivity contribution >= 4 is 21.6 Å². The predicted octanol–water partition coefficient (Wildman–Crippen LogP) is 5.46. The second kappa shape index (κ2) is 7.94. The van der Waals surface area contributed by atoms with Gasteiger partial charge in [-0.3, -0.25) is 4.57 Å². The smallest absolute Gasteiger partial charge is 0.125 e. The topological polar surface area (TPSA) is 60.2 Å². The minimum absolute atomic E-state index is 0.0808. The van der Waals surface area contributed by atoms with Gasteiger partial charge in [-0.15, -0.1) is 11.3 Å². The van der Waals surface area contributed by atoms with Crippen molar-refractivity contribution in [1.29, 1.82) is 0 Å². The largest absolute Gasteiger partial charge is 0.496 e. The SMILES string of the molecule is COc1cc(-c2cncn2-c2ccc(-c3nc4ccc(F)cc4s3)cc2)ccc1CO. The third-order valence-electron chi connectivity index (χ3n) is 5.13. The van der Waals surface area contributed by atoms with Crippen LogP contribution in [0.25, 0.3) is 37.7 Å². The third kappa shape index (κ3) is 3.58. The van der Waals surface area contributed by atoms with Crippen molar-refractivity contribution in [2.75, 3.05) is 7.11 Å². The molecule has 3 aromatic carbocycles. The Morgan fingerprint density at radius 1 is 1.03 bits per heavy atom.